The van der Waals surface area contributed by atoms with Crippen molar-refractivity contribution in [3.8, 4) is 0 Å². The predicted octanol–water partition coefficient (Wildman–Crippen LogP) is -1.17. The van der Waals surface area contributed by atoms with Crippen molar-refractivity contribution in [2.45, 2.75) is 25.8 Å². The van der Waals surface area contributed by atoms with Crippen LogP contribution >= 0.6 is 0 Å². The molecule has 0 spiro atoms. The minimum Gasteiger partial charge on any atom is -0.480 e. The highest BCUT2D eigenvalue weighted by Gasteiger charge is 2.16. The van der Waals surface area contributed by atoms with E-state index < -0.39 is 28.1 Å². The number of nitrogens with one attached hydrogen (secondary N) is 2. The number of urea groups is 1. The van der Waals surface area contributed by atoms with Crippen molar-refractivity contribution < 1.29 is 23.1 Å². The second kappa shape index (κ2) is 7.07. The Hall–Kier alpha value is -1.35. The molecule has 0 saturated heterocycles. The molecule has 1 atom stereocenters. The maximum Gasteiger partial charge on any atom is 0.326 e. The molecule has 0 rings (SSSR count). The lowest BCUT2D eigenvalue weighted by atomic mass is 10.2. The number of hydrogen-bond donors (Lipinski definition) is 4. The molecule has 0 fully saturated rings. The zero-order chi connectivity index (χ0) is 13.5. The van der Waals surface area contributed by atoms with Crippen LogP contribution in [0, 0.1) is 0 Å². The highest BCUT2D eigenvalue weighted by molar-refractivity contribution is 7.89. The van der Waals surface area contributed by atoms with Crippen LogP contribution in [0.1, 0.15) is 19.8 Å². The van der Waals surface area contributed by atoms with E-state index in [1.807, 2.05) is 0 Å². The summed E-state index contributed by atoms with van der Waals surface area (Å²) in [5.74, 6) is -1.35. The van der Waals surface area contributed by atoms with E-state index in [4.69, 9.17) is 10.2 Å². The van der Waals surface area contributed by atoms with E-state index in [0.29, 0.717) is 0 Å². The van der Waals surface area contributed by atoms with Gasteiger partial charge in [0.1, 0.15) is 6.04 Å². The number of carbonyl (C=O) groups is 2. The molecular weight excluding hydrogens is 250 g/mol. The second-order valence-corrected chi connectivity index (χ2v) is 5.15. The summed E-state index contributed by atoms with van der Waals surface area (Å²) in [5.41, 5.74) is 0. The van der Waals surface area contributed by atoms with E-state index in [1.165, 1.54) is 0 Å². The Morgan fingerprint density at radius 3 is 2.41 bits per heavy atom. The minimum atomic E-state index is -3.53. The van der Waals surface area contributed by atoms with Gasteiger partial charge in [0, 0.05) is 6.54 Å². The van der Waals surface area contributed by atoms with Crippen LogP contribution in [0.4, 0.5) is 4.79 Å². The lowest BCUT2D eigenvalue weighted by Gasteiger charge is -2.12. The Bertz CT molecular complexity index is 367. The summed E-state index contributed by atoms with van der Waals surface area (Å²) in [6.07, 6.45) is 0.441. The van der Waals surface area contributed by atoms with Gasteiger partial charge in [-0.3, -0.25) is 0 Å². The molecule has 17 heavy (non-hydrogen) atoms. The lowest BCUT2D eigenvalue weighted by molar-refractivity contribution is -0.139. The highest BCUT2D eigenvalue weighted by atomic mass is 32.2. The van der Waals surface area contributed by atoms with Crippen molar-refractivity contribution in [1.29, 1.82) is 0 Å². The molecule has 0 aromatic carbocycles. The van der Waals surface area contributed by atoms with E-state index in [-0.39, 0.29) is 25.1 Å². The summed E-state index contributed by atoms with van der Waals surface area (Å²) in [6.45, 7) is 1.73. The van der Waals surface area contributed by atoms with Crippen molar-refractivity contribution >= 4 is 22.0 Å². The summed E-state index contributed by atoms with van der Waals surface area (Å²) < 4.78 is 21.1. The van der Waals surface area contributed by atoms with Gasteiger partial charge in [0.25, 0.3) is 0 Å². The first-order chi connectivity index (χ1) is 7.76. The molecule has 0 aliphatic heterocycles. The Morgan fingerprint density at radius 2 is 2.00 bits per heavy atom. The van der Waals surface area contributed by atoms with Crippen LogP contribution in [0.2, 0.25) is 0 Å². The molecule has 0 heterocycles. The zero-order valence-corrected chi connectivity index (χ0v) is 10.3. The summed E-state index contributed by atoms with van der Waals surface area (Å²) in [4.78, 5) is 21.8. The third-order valence-corrected chi connectivity index (χ3v) is 2.76. The summed E-state index contributed by atoms with van der Waals surface area (Å²) in [6, 6.07) is -1.60. The van der Waals surface area contributed by atoms with Gasteiger partial charge in [-0.1, -0.05) is 6.92 Å². The Morgan fingerprint density at radius 1 is 1.41 bits per heavy atom. The van der Waals surface area contributed by atoms with Gasteiger partial charge in [0.2, 0.25) is 10.0 Å². The summed E-state index contributed by atoms with van der Waals surface area (Å²) in [5, 5.41) is 18.0. The molecule has 2 amide bonds. The fourth-order valence-electron chi connectivity index (χ4n) is 1.02. The summed E-state index contributed by atoms with van der Waals surface area (Å²) >= 11 is 0. The number of hydrogen-bond acceptors (Lipinski definition) is 4. The van der Waals surface area contributed by atoms with Crippen molar-refractivity contribution in [1.82, 2.24) is 10.6 Å². The number of carboxylic acids is 1. The van der Waals surface area contributed by atoms with E-state index >= 15 is 0 Å². The number of aliphatic carboxylic acids is 1. The highest BCUT2D eigenvalue weighted by Crippen LogP contribution is 1.90. The van der Waals surface area contributed by atoms with Gasteiger partial charge in [0.05, 0.1) is 5.75 Å². The molecule has 0 bridgehead atoms. The predicted molar refractivity (Wildman–Crippen MR) is 60.8 cm³/mol. The number of rotatable bonds is 7. The monoisotopic (exact) mass is 267 g/mol. The average molecular weight is 267 g/mol. The van der Waals surface area contributed by atoms with Crippen molar-refractivity contribution in [2.75, 3.05) is 12.3 Å². The van der Waals surface area contributed by atoms with Gasteiger partial charge in [-0.25, -0.2) is 23.1 Å². The molecule has 0 radical (unpaired) electrons. The molecule has 8 nitrogen and oxygen atoms in total. The molecule has 0 aliphatic rings. The van der Waals surface area contributed by atoms with Gasteiger partial charge in [0.15, 0.2) is 0 Å². The molecular formula is C8H17N3O5S. The van der Waals surface area contributed by atoms with Crippen LogP contribution in [0.15, 0.2) is 0 Å². The van der Waals surface area contributed by atoms with E-state index in [1.54, 1.807) is 6.92 Å². The number of primary sulfonamides is 1. The molecule has 9 heteroatoms. The Kier molecular flexibility index (Phi) is 6.51. The number of nitrogens with two attached hydrogens (primary N) is 1. The molecule has 0 aromatic heterocycles. The largest absolute Gasteiger partial charge is 0.480 e. The SMILES string of the molecule is CC[C@@H](NC(=O)NCCCS(N)(=O)=O)C(=O)O. The van der Waals surface area contributed by atoms with Gasteiger partial charge in [-0.05, 0) is 12.8 Å². The first-order valence-electron chi connectivity index (χ1n) is 5.04. The third kappa shape index (κ3) is 8.46. The van der Waals surface area contributed by atoms with E-state index in [2.05, 4.69) is 10.6 Å². The maximum atomic E-state index is 11.2. The van der Waals surface area contributed by atoms with E-state index in [0.717, 1.165) is 0 Å². The molecule has 0 unspecified atom stereocenters. The van der Waals surface area contributed by atoms with Crippen LogP contribution in [0.3, 0.4) is 0 Å². The maximum absolute atomic E-state index is 11.2. The fourth-order valence-corrected chi connectivity index (χ4v) is 1.57. The fraction of sp³-hybridized carbons (Fsp3) is 0.750. The number of carboxylic acid groups (broad SMARTS) is 1. The quantitative estimate of drug-likeness (QED) is 0.430. The van der Waals surface area contributed by atoms with Crippen LogP contribution in [-0.2, 0) is 14.8 Å². The second-order valence-electron chi connectivity index (χ2n) is 3.42. The normalized spacial score (nSPS) is 12.8. The third-order valence-electron chi connectivity index (χ3n) is 1.90. The van der Waals surface area contributed by atoms with Crippen LogP contribution in [0.25, 0.3) is 0 Å². The molecule has 0 aromatic rings. The topological polar surface area (TPSA) is 139 Å². The minimum absolute atomic E-state index is 0.109. The Labute approximate surface area is 99.6 Å². The smallest absolute Gasteiger partial charge is 0.326 e. The van der Waals surface area contributed by atoms with Crippen LogP contribution in [0.5, 0.6) is 0 Å². The molecule has 0 saturated carbocycles. The molecule has 5 N–H and O–H groups in total. The first-order valence-corrected chi connectivity index (χ1v) is 6.75. The van der Waals surface area contributed by atoms with Crippen molar-refractivity contribution in [3.63, 3.8) is 0 Å². The lowest BCUT2D eigenvalue weighted by Crippen LogP contribution is -2.46. The Balaban J connectivity index is 3.84. The number of sulfonamides is 1. The summed E-state index contributed by atoms with van der Waals surface area (Å²) in [7, 11) is -3.53. The van der Waals surface area contributed by atoms with Crippen LogP contribution in [-0.4, -0.2) is 43.9 Å². The van der Waals surface area contributed by atoms with Crippen LogP contribution < -0.4 is 15.8 Å². The van der Waals surface area contributed by atoms with Crippen molar-refractivity contribution in [2.24, 2.45) is 5.14 Å². The first kappa shape index (κ1) is 15.7. The average Bonchev–Trinajstić information content (AvgIpc) is 2.19. The zero-order valence-electron chi connectivity index (χ0n) is 9.47. The van der Waals surface area contributed by atoms with Gasteiger partial charge >= 0.3 is 12.0 Å². The van der Waals surface area contributed by atoms with Crippen molar-refractivity contribution in [3.05, 3.63) is 0 Å². The van der Waals surface area contributed by atoms with Gasteiger partial charge < -0.3 is 15.7 Å². The standard InChI is InChI=1S/C8H17N3O5S/c1-2-6(7(12)13)11-8(14)10-4-3-5-17(9,15)16/h6H,2-5H2,1H3,(H,12,13)(H2,9,15,16)(H2,10,11,14)/t6-/m1/s1. The molecule has 0 aliphatic carbocycles. The number of amides is 2. The van der Waals surface area contributed by atoms with Gasteiger partial charge in [-0.2, -0.15) is 0 Å². The van der Waals surface area contributed by atoms with E-state index in [9.17, 15) is 18.0 Å². The van der Waals surface area contributed by atoms with Gasteiger partial charge in [-0.15, -0.1) is 0 Å². The molecule has 100 valence electrons. The number of carbonyl (C=O) groups excluding carboxylic acids is 1.